The molecule has 2 N–H and O–H groups in total. The topological polar surface area (TPSA) is 80.3 Å². The van der Waals surface area contributed by atoms with E-state index >= 15 is 0 Å². The first-order chi connectivity index (χ1) is 14.0. The Bertz CT molecular complexity index is 862. The lowest BCUT2D eigenvalue weighted by molar-refractivity contribution is 0.0600. The minimum atomic E-state index is -0.392. The van der Waals surface area contributed by atoms with Gasteiger partial charge in [0.05, 0.1) is 23.3 Å². The number of methoxy groups -OCH3 is 1. The summed E-state index contributed by atoms with van der Waals surface area (Å²) >= 11 is 6.17. The number of nitrogens with one attached hydrogen (secondary N) is 2. The maximum atomic E-state index is 12.5. The van der Waals surface area contributed by atoms with Gasteiger partial charge >= 0.3 is 5.97 Å². The van der Waals surface area contributed by atoms with E-state index in [1.165, 1.54) is 13.3 Å². The first kappa shape index (κ1) is 21.1. The van der Waals surface area contributed by atoms with Crippen LogP contribution < -0.4 is 10.6 Å². The highest BCUT2D eigenvalue weighted by atomic mass is 35.5. The number of carbonyl (C=O) groups is 2. The smallest absolute Gasteiger partial charge is 0.339 e. The number of hydrogen-bond donors (Lipinski definition) is 2. The summed E-state index contributed by atoms with van der Waals surface area (Å²) in [6, 6.07) is 9.14. The summed E-state index contributed by atoms with van der Waals surface area (Å²) in [7, 11) is 1.35. The molecule has 154 valence electrons. The molecule has 2 aromatic rings. The SMILES string of the molecule is COC(=O)c1ccc(NCC2CCC(NC(=O)c3cc(C)ccc3Cl)CC2)nc1. The van der Waals surface area contributed by atoms with Crippen molar-refractivity contribution >= 4 is 29.3 Å². The van der Waals surface area contributed by atoms with E-state index in [4.69, 9.17) is 11.6 Å². The van der Waals surface area contributed by atoms with Gasteiger partial charge in [0.25, 0.3) is 5.91 Å². The Morgan fingerprint density at radius 1 is 1.17 bits per heavy atom. The maximum absolute atomic E-state index is 12.5. The van der Waals surface area contributed by atoms with Gasteiger partial charge in [-0.2, -0.15) is 0 Å². The standard InChI is InChI=1S/C22H26ClN3O3/c1-14-3-9-19(23)18(11-14)21(27)26-17-7-4-15(5-8-17)12-24-20-10-6-16(13-25-20)22(28)29-2/h3,6,9-11,13,15,17H,4-5,7-8,12H2,1-2H3,(H,24,25)(H,26,27). The Kier molecular flexibility index (Phi) is 7.09. The van der Waals surface area contributed by atoms with Crippen molar-refractivity contribution in [3.63, 3.8) is 0 Å². The predicted molar refractivity (Wildman–Crippen MR) is 113 cm³/mol. The summed E-state index contributed by atoms with van der Waals surface area (Å²) in [6.07, 6.45) is 5.45. The second-order valence-electron chi connectivity index (χ2n) is 7.48. The Balaban J connectivity index is 1.44. The van der Waals surface area contributed by atoms with Crippen molar-refractivity contribution < 1.29 is 14.3 Å². The minimum absolute atomic E-state index is 0.102. The molecule has 29 heavy (non-hydrogen) atoms. The summed E-state index contributed by atoms with van der Waals surface area (Å²) in [5.41, 5.74) is 1.99. The van der Waals surface area contributed by atoms with Crippen LogP contribution in [0.25, 0.3) is 0 Å². The highest BCUT2D eigenvalue weighted by Gasteiger charge is 2.23. The molecule has 0 atom stereocenters. The van der Waals surface area contributed by atoms with E-state index in [1.54, 1.807) is 18.2 Å². The Morgan fingerprint density at radius 2 is 1.93 bits per heavy atom. The molecule has 0 saturated heterocycles. The fourth-order valence-corrected chi connectivity index (χ4v) is 3.78. The van der Waals surface area contributed by atoms with Crippen LogP contribution in [0.15, 0.2) is 36.5 Å². The van der Waals surface area contributed by atoms with Crippen LogP contribution in [0.5, 0.6) is 0 Å². The van der Waals surface area contributed by atoms with E-state index < -0.39 is 5.97 Å². The summed E-state index contributed by atoms with van der Waals surface area (Å²) in [4.78, 5) is 28.2. The quantitative estimate of drug-likeness (QED) is 0.690. The Morgan fingerprint density at radius 3 is 2.59 bits per heavy atom. The zero-order chi connectivity index (χ0) is 20.8. The van der Waals surface area contributed by atoms with Gasteiger partial charge in [0, 0.05) is 18.8 Å². The van der Waals surface area contributed by atoms with E-state index in [9.17, 15) is 9.59 Å². The van der Waals surface area contributed by atoms with Crippen LogP contribution in [0.2, 0.25) is 5.02 Å². The largest absolute Gasteiger partial charge is 0.465 e. The average molecular weight is 416 g/mol. The number of amides is 1. The number of aromatic nitrogens is 1. The fourth-order valence-electron chi connectivity index (χ4n) is 3.57. The highest BCUT2D eigenvalue weighted by Crippen LogP contribution is 2.25. The van der Waals surface area contributed by atoms with Crippen molar-refractivity contribution in [3.05, 3.63) is 58.2 Å². The van der Waals surface area contributed by atoms with Gasteiger partial charge in [-0.15, -0.1) is 0 Å². The fraction of sp³-hybridized carbons (Fsp3) is 0.409. The molecule has 0 bridgehead atoms. The lowest BCUT2D eigenvalue weighted by Crippen LogP contribution is -2.38. The molecule has 1 aliphatic carbocycles. The van der Waals surface area contributed by atoms with E-state index in [-0.39, 0.29) is 11.9 Å². The van der Waals surface area contributed by atoms with Crippen molar-refractivity contribution in [1.29, 1.82) is 0 Å². The number of pyridine rings is 1. The number of hydrogen-bond acceptors (Lipinski definition) is 5. The van der Waals surface area contributed by atoms with Gasteiger partial charge in [0.15, 0.2) is 0 Å². The molecule has 1 fully saturated rings. The summed E-state index contributed by atoms with van der Waals surface area (Å²) in [5.74, 6) is 0.765. The summed E-state index contributed by atoms with van der Waals surface area (Å²) < 4.78 is 4.67. The molecule has 1 heterocycles. The van der Waals surface area contributed by atoms with Crippen LogP contribution in [0, 0.1) is 12.8 Å². The molecular formula is C22H26ClN3O3. The summed E-state index contributed by atoms with van der Waals surface area (Å²) in [6.45, 7) is 2.76. The van der Waals surface area contributed by atoms with Gasteiger partial charge in [-0.25, -0.2) is 9.78 Å². The van der Waals surface area contributed by atoms with Crippen molar-refractivity contribution in [2.24, 2.45) is 5.92 Å². The van der Waals surface area contributed by atoms with Gasteiger partial charge in [-0.3, -0.25) is 4.79 Å². The second kappa shape index (κ2) is 9.74. The number of aryl methyl sites for hydroxylation is 1. The van der Waals surface area contributed by atoms with Crippen LogP contribution in [0.4, 0.5) is 5.82 Å². The molecule has 6 nitrogen and oxygen atoms in total. The molecule has 0 unspecified atom stereocenters. The molecular weight excluding hydrogens is 390 g/mol. The number of carbonyl (C=O) groups excluding carboxylic acids is 2. The average Bonchev–Trinajstić information content (AvgIpc) is 2.74. The maximum Gasteiger partial charge on any atom is 0.339 e. The first-order valence-electron chi connectivity index (χ1n) is 9.81. The lowest BCUT2D eigenvalue weighted by atomic mass is 9.86. The van der Waals surface area contributed by atoms with Crippen LogP contribution in [0.3, 0.4) is 0 Å². The van der Waals surface area contributed by atoms with E-state index in [0.717, 1.165) is 43.6 Å². The molecule has 1 saturated carbocycles. The zero-order valence-corrected chi connectivity index (χ0v) is 17.5. The molecule has 0 aliphatic heterocycles. The normalized spacial score (nSPS) is 18.7. The first-order valence-corrected chi connectivity index (χ1v) is 10.2. The van der Waals surface area contributed by atoms with E-state index in [0.29, 0.717) is 22.1 Å². The predicted octanol–water partition coefficient (Wildman–Crippen LogP) is 4.23. The molecule has 1 amide bonds. The van der Waals surface area contributed by atoms with Gasteiger partial charge in [-0.1, -0.05) is 23.2 Å². The number of halogens is 1. The number of ether oxygens (including phenoxy) is 1. The molecule has 1 aromatic heterocycles. The molecule has 7 heteroatoms. The lowest BCUT2D eigenvalue weighted by Gasteiger charge is -2.29. The minimum Gasteiger partial charge on any atom is -0.465 e. The zero-order valence-electron chi connectivity index (χ0n) is 16.7. The third-order valence-corrected chi connectivity index (χ3v) is 5.63. The summed E-state index contributed by atoms with van der Waals surface area (Å²) in [5, 5.41) is 6.93. The number of rotatable bonds is 6. The van der Waals surface area contributed by atoms with Crippen LogP contribution >= 0.6 is 11.6 Å². The van der Waals surface area contributed by atoms with E-state index in [1.807, 2.05) is 19.1 Å². The molecule has 3 rings (SSSR count). The third kappa shape index (κ3) is 5.70. The molecule has 1 aromatic carbocycles. The highest BCUT2D eigenvalue weighted by molar-refractivity contribution is 6.33. The molecule has 0 radical (unpaired) electrons. The Labute approximate surface area is 176 Å². The van der Waals surface area contributed by atoms with Gasteiger partial charge in [-0.05, 0) is 62.8 Å². The van der Waals surface area contributed by atoms with Gasteiger partial charge in [0.2, 0.25) is 0 Å². The van der Waals surface area contributed by atoms with Crippen LogP contribution in [-0.2, 0) is 4.74 Å². The van der Waals surface area contributed by atoms with Gasteiger partial charge < -0.3 is 15.4 Å². The van der Waals surface area contributed by atoms with Crippen molar-refractivity contribution in [2.45, 2.75) is 38.6 Å². The number of esters is 1. The van der Waals surface area contributed by atoms with Gasteiger partial charge in [0.1, 0.15) is 5.82 Å². The Hall–Kier alpha value is -2.60. The van der Waals surface area contributed by atoms with E-state index in [2.05, 4.69) is 20.4 Å². The molecule has 1 aliphatic rings. The number of nitrogens with zero attached hydrogens (tertiary/aromatic N) is 1. The molecule has 0 spiro atoms. The third-order valence-electron chi connectivity index (χ3n) is 5.30. The number of benzene rings is 1. The van der Waals surface area contributed by atoms with Crippen molar-refractivity contribution in [1.82, 2.24) is 10.3 Å². The second-order valence-corrected chi connectivity index (χ2v) is 7.89. The van der Waals surface area contributed by atoms with Crippen LogP contribution in [0.1, 0.15) is 52.0 Å². The van der Waals surface area contributed by atoms with Crippen molar-refractivity contribution in [3.8, 4) is 0 Å². The monoisotopic (exact) mass is 415 g/mol. The number of anilines is 1. The van der Waals surface area contributed by atoms with Crippen molar-refractivity contribution in [2.75, 3.05) is 19.0 Å². The van der Waals surface area contributed by atoms with Crippen LogP contribution in [-0.4, -0.2) is 36.6 Å².